The van der Waals surface area contributed by atoms with E-state index in [0.717, 1.165) is 30.7 Å². The van der Waals surface area contributed by atoms with Crippen molar-refractivity contribution in [1.29, 1.82) is 0 Å². The fraction of sp³-hybridized carbons (Fsp3) is 0.533. The molecule has 2 aromatic rings. The van der Waals surface area contributed by atoms with Gasteiger partial charge in [-0.3, -0.25) is 19.1 Å². The molecular weight excluding hydrogens is 316 g/mol. The summed E-state index contributed by atoms with van der Waals surface area (Å²) < 4.78 is 8.67. The zero-order valence-corrected chi connectivity index (χ0v) is 13.7. The maximum absolute atomic E-state index is 12.2. The average Bonchev–Trinajstić information content (AvgIpc) is 3.18. The smallest absolute Gasteiger partial charge is 0.332 e. The van der Waals surface area contributed by atoms with Gasteiger partial charge in [0.25, 0.3) is 0 Å². The van der Waals surface area contributed by atoms with Crippen molar-refractivity contribution in [3.05, 3.63) is 48.9 Å². The minimum atomic E-state index is -0.584. The first kappa shape index (κ1) is 14.8. The summed E-state index contributed by atoms with van der Waals surface area (Å²) in [4.78, 5) is 26.4. The minimum absolute atomic E-state index is 0.273. The molecule has 0 N–H and O–H groups in total. The Hall–Kier alpha value is -1.77. The summed E-state index contributed by atoms with van der Waals surface area (Å²) in [6.07, 6.45) is 0.859. The second kappa shape index (κ2) is 5.40. The zero-order chi connectivity index (χ0) is 16.0. The number of nitrogens with zero attached hydrogens (tertiary/aromatic N) is 4. The topological polar surface area (TPSA) is 69.4 Å². The van der Waals surface area contributed by atoms with Crippen molar-refractivity contribution in [3.63, 3.8) is 0 Å². The highest BCUT2D eigenvalue weighted by Gasteiger charge is 2.43. The Balaban J connectivity index is 1.57. The molecule has 1 atom stereocenters. The van der Waals surface area contributed by atoms with Crippen LogP contribution in [-0.2, 0) is 31.5 Å². The van der Waals surface area contributed by atoms with Gasteiger partial charge in [0.15, 0.2) is 5.82 Å². The Bertz CT molecular complexity index is 841. The summed E-state index contributed by atoms with van der Waals surface area (Å²) in [5.41, 5.74) is -0.174. The number of hydrogen-bond donors (Lipinski definition) is 0. The summed E-state index contributed by atoms with van der Waals surface area (Å²) in [6, 6.07) is 2.13. The van der Waals surface area contributed by atoms with Gasteiger partial charge in [-0.1, -0.05) is 0 Å². The lowest BCUT2D eigenvalue weighted by Crippen LogP contribution is -2.52. The van der Waals surface area contributed by atoms with E-state index in [2.05, 4.69) is 26.8 Å². The van der Waals surface area contributed by atoms with Crippen LogP contribution in [-0.4, -0.2) is 37.9 Å². The molecule has 0 amide bonds. The highest BCUT2D eigenvalue weighted by Crippen LogP contribution is 2.31. The molecule has 1 fully saturated rings. The van der Waals surface area contributed by atoms with Crippen LogP contribution in [0.15, 0.2) is 26.4 Å². The molecule has 2 aromatic heterocycles. The van der Waals surface area contributed by atoms with Gasteiger partial charge < -0.3 is 4.74 Å². The number of likely N-dealkylation sites (tertiary alicyclic amines) is 1. The SMILES string of the molecule is Cn1nc2n(c(=O)c1=O)CC1(CCN(Cc3ccsc3)C1)OC2. The van der Waals surface area contributed by atoms with Crippen LogP contribution in [0.5, 0.6) is 0 Å². The fourth-order valence-electron chi connectivity index (χ4n) is 3.42. The van der Waals surface area contributed by atoms with Crippen LogP contribution >= 0.6 is 11.3 Å². The van der Waals surface area contributed by atoms with Crippen LogP contribution < -0.4 is 11.1 Å². The highest BCUT2D eigenvalue weighted by atomic mass is 32.1. The van der Waals surface area contributed by atoms with Gasteiger partial charge >= 0.3 is 11.1 Å². The molecule has 0 aromatic carbocycles. The second-order valence-corrected chi connectivity index (χ2v) is 7.08. The molecule has 4 rings (SSSR count). The summed E-state index contributed by atoms with van der Waals surface area (Å²) in [6.45, 7) is 3.27. The van der Waals surface area contributed by atoms with E-state index < -0.39 is 11.1 Å². The van der Waals surface area contributed by atoms with Crippen LogP contribution in [0.2, 0.25) is 0 Å². The largest absolute Gasteiger partial charge is 0.364 e. The molecule has 2 aliphatic rings. The molecule has 0 aliphatic carbocycles. The van der Waals surface area contributed by atoms with Gasteiger partial charge in [0.05, 0.1) is 6.54 Å². The average molecular weight is 334 g/mol. The van der Waals surface area contributed by atoms with Crippen molar-refractivity contribution < 1.29 is 4.74 Å². The van der Waals surface area contributed by atoms with Crippen LogP contribution in [0, 0.1) is 0 Å². The first-order valence-corrected chi connectivity index (χ1v) is 8.55. The van der Waals surface area contributed by atoms with Crippen molar-refractivity contribution in [1.82, 2.24) is 19.2 Å². The summed E-state index contributed by atoms with van der Waals surface area (Å²) in [5, 5.41) is 8.37. The van der Waals surface area contributed by atoms with Crippen LogP contribution in [0.3, 0.4) is 0 Å². The number of aromatic nitrogens is 3. The molecule has 7 nitrogen and oxygen atoms in total. The molecule has 4 heterocycles. The van der Waals surface area contributed by atoms with Crippen molar-refractivity contribution in [2.45, 2.75) is 31.7 Å². The van der Waals surface area contributed by atoms with E-state index >= 15 is 0 Å². The molecule has 1 spiro atoms. The monoisotopic (exact) mass is 334 g/mol. The molecule has 0 bridgehead atoms. The standard InChI is InChI=1S/C15H18N4O3S/c1-17-13(20)14(21)19-10-15(22-7-12(19)16-17)3-4-18(9-15)6-11-2-5-23-8-11/h2,5,8H,3-4,6-7,9-10H2,1H3. The molecule has 23 heavy (non-hydrogen) atoms. The van der Waals surface area contributed by atoms with Gasteiger partial charge in [-0.05, 0) is 28.8 Å². The molecule has 0 radical (unpaired) electrons. The lowest BCUT2D eigenvalue weighted by atomic mass is 10.0. The maximum Gasteiger partial charge on any atom is 0.332 e. The summed E-state index contributed by atoms with van der Waals surface area (Å²) >= 11 is 1.70. The molecule has 122 valence electrons. The van der Waals surface area contributed by atoms with Crippen molar-refractivity contribution in [2.24, 2.45) is 7.05 Å². The Morgan fingerprint density at radius 3 is 3.00 bits per heavy atom. The lowest BCUT2D eigenvalue weighted by Gasteiger charge is -2.35. The first-order chi connectivity index (χ1) is 11.1. The van der Waals surface area contributed by atoms with E-state index in [9.17, 15) is 9.59 Å². The number of aryl methyl sites for hydroxylation is 1. The van der Waals surface area contributed by atoms with E-state index in [-0.39, 0.29) is 12.2 Å². The number of ether oxygens (including phenoxy) is 1. The quantitative estimate of drug-likeness (QED) is 0.733. The molecule has 0 saturated carbocycles. The number of hydrogen-bond acceptors (Lipinski definition) is 6. The predicted octanol–water partition coefficient (Wildman–Crippen LogP) is 0.178. The van der Waals surface area contributed by atoms with Gasteiger partial charge in [0.1, 0.15) is 12.2 Å². The maximum atomic E-state index is 12.2. The molecule has 8 heteroatoms. The van der Waals surface area contributed by atoms with Gasteiger partial charge in [0.2, 0.25) is 0 Å². The number of fused-ring (bicyclic) bond motifs is 1. The Kier molecular flexibility index (Phi) is 3.47. The van der Waals surface area contributed by atoms with Crippen molar-refractivity contribution in [2.75, 3.05) is 13.1 Å². The van der Waals surface area contributed by atoms with E-state index in [1.165, 1.54) is 17.2 Å². The Labute approximate surface area is 136 Å². The van der Waals surface area contributed by atoms with Crippen molar-refractivity contribution >= 4 is 11.3 Å². The third-order valence-corrected chi connectivity index (χ3v) is 5.37. The highest BCUT2D eigenvalue weighted by molar-refractivity contribution is 7.07. The summed E-state index contributed by atoms with van der Waals surface area (Å²) in [5.74, 6) is 0.527. The predicted molar refractivity (Wildman–Crippen MR) is 85.5 cm³/mol. The Morgan fingerprint density at radius 1 is 1.35 bits per heavy atom. The lowest BCUT2D eigenvalue weighted by molar-refractivity contribution is -0.0858. The molecule has 1 unspecified atom stereocenters. The van der Waals surface area contributed by atoms with Crippen LogP contribution in [0.25, 0.3) is 0 Å². The number of thiophene rings is 1. The van der Waals surface area contributed by atoms with E-state index in [4.69, 9.17) is 4.74 Å². The van der Waals surface area contributed by atoms with Crippen LogP contribution in [0.4, 0.5) is 0 Å². The first-order valence-electron chi connectivity index (χ1n) is 7.61. The molecular formula is C15H18N4O3S. The summed E-state index contributed by atoms with van der Waals surface area (Å²) in [7, 11) is 1.49. The Morgan fingerprint density at radius 2 is 2.22 bits per heavy atom. The van der Waals surface area contributed by atoms with Crippen LogP contribution in [0.1, 0.15) is 17.8 Å². The van der Waals surface area contributed by atoms with Gasteiger partial charge in [-0.2, -0.15) is 16.4 Å². The van der Waals surface area contributed by atoms with Gasteiger partial charge in [-0.25, -0.2) is 4.68 Å². The zero-order valence-electron chi connectivity index (χ0n) is 12.9. The van der Waals surface area contributed by atoms with E-state index in [1.807, 2.05) is 0 Å². The fourth-order valence-corrected chi connectivity index (χ4v) is 4.07. The normalized spacial score (nSPS) is 24.2. The molecule has 2 aliphatic heterocycles. The third-order valence-electron chi connectivity index (χ3n) is 4.63. The van der Waals surface area contributed by atoms with Gasteiger partial charge in [-0.15, -0.1) is 0 Å². The second-order valence-electron chi connectivity index (χ2n) is 6.30. The van der Waals surface area contributed by atoms with E-state index in [0.29, 0.717) is 12.4 Å². The molecule has 1 saturated heterocycles. The third kappa shape index (κ3) is 2.56. The number of rotatable bonds is 2. The van der Waals surface area contributed by atoms with Gasteiger partial charge in [0, 0.05) is 26.7 Å². The minimum Gasteiger partial charge on any atom is -0.364 e. The van der Waals surface area contributed by atoms with E-state index in [1.54, 1.807) is 11.3 Å². The van der Waals surface area contributed by atoms with Crippen molar-refractivity contribution in [3.8, 4) is 0 Å².